The molecule has 2 aliphatic rings. The molecule has 0 radical (unpaired) electrons. The van der Waals surface area contributed by atoms with E-state index in [0.717, 1.165) is 37.3 Å². The van der Waals surface area contributed by atoms with Crippen molar-refractivity contribution in [2.75, 3.05) is 51.7 Å². The number of nitrogens with zero attached hydrogens (tertiary/aromatic N) is 3. The lowest BCUT2D eigenvalue weighted by molar-refractivity contribution is 0.312. The number of piperazine rings is 1. The van der Waals surface area contributed by atoms with Crippen LogP contribution in [-0.4, -0.2) is 51.7 Å². The van der Waals surface area contributed by atoms with Crippen molar-refractivity contribution >= 4 is 11.4 Å². The Balaban J connectivity index is 1.72. The summed E-state index contributed by atoms with van der Waals surface area (Å²) in [5.74, 6) is 0. The minimum Gasteiger partial charge on any atom is -0.369 e. The fraction of sp³-hybridized carbons (Fsp3) is 0.467. The molecule has 1 aromatic rings. The second kappa shape index (κ2) is 4.87. The van der Waals surface area contributed by atoms with Crippen LogP contribution >= 0.6 is 0 Å². The first-order chi connectivity index (χ1) is 9.17. The standard InChI is InChI=1S/C15H23N4/c1-17-9-11-18(12-10-17)14-4-6-15(7-5-14)19(2)13-3-8-16-19/h3-8,16H,9-13H2,1-2H3/q+1. The Hall–Kier alpha value is -1.52. The van der Waals surface area contributed by atoms with Crippen molar-refractivity contribution in [3.05, 3.63) is 36.5 Å². The van der Waals surface area contributed by atoms with Gasteiger partial charge in [-0.15, -0.1) is 0 Å². The third kappa shape index (κ3) is 2.46. The smallest absolute Gasteiger partial charge is 0.157 e. The van der Waals surface area contributed by atoms with E-state index in [0.29, 0.717) is 0 Å². The number of likely N-dealkylation sites (N-methyl/N-ethyl adjacent to an activating group) is 2. The third-order valence-electron chi connectivity index (χ3n) is 4.24. The summed E-state index contributed by atoms with van der Waals surface area (Å²) in [6, 6.07) is 9.00. The highest BCUT2D eigenvalue weighted by Gasteiger charge is 2.26. The van der Waals surface area contributed by atoms with Gasteiger partial charge in [0.1, 0.15) is 6.54 Å². The lowest BCUT2D eigenvalue weighted by atomic mass is 10.2. The lowest BCUT2D eigenvalue weighted by Gasteiger charge is -2.34. The molecule has 1 fully saturated rings. The maximum absolute atomic E-state index is 3.39. The van der Waals surface area contributed by atoms with Crippen LogP contribution in [-0.2, 0) is 0 Å². The lowest BCUT2D eigenvalue weighted by Crippen LogP contribution is -2.50. The largest absolute Gasteiger partial charge is 0.369 e. The van der Waals surface area contributed by atoms with Crippen LogP contribution < -0.4 is 14.9 Å². The average Bonchev–Trinajstić information content (AvgIpc) is 2.88. The van der Waals surface area contributed by atoms with Crippen molar-refractivity contribution in [2.45, 2.75) is 0 Å². The van der Waals surface area contributed by atoms with Crippen LogP contribution in [0.2, 0.25) is 0 Å². The number of anilines is 1. The van der Waals surface area contributed by atoms with Crippen molar-refractivity contribution in [1.29, 1.82) is 0 Å². The number of hydrogen-bond donors (Lipinski definition) is 1. The Labute approximate surface area is 115 Å². The summed E-state index contributed by atoms with van der Waals surface area (Å²) in [5.41, 5.74) is 6.04. The van der Waals surface area contributed by atoms with Crippen LogP contribution in [0.1, 0.15) is 0 Å². The fourth-order valence-corrected chi connectivity index (χ4v) is 2.77. The molecule has 0 amide bonds. The van der Waals surface area contributed by atoms with Crippen LogP contribution in [0.5, 0.6) is 0 Å². The van der Waals surface area contributed by atoms with Gasteiger partial charge in [0, 0.05) is 44.0 Å². The van der Waals surface area contributed by atoms with Crippen LogP contribution in [0.3, 0.4) is 0 Å². The summed E-state index contributed by atoms with van der Waals surface area (Å²) >= 11 is 0. The first kappa shape index (κ1) is 12.5. The second-order valence-electron chi connectivity index (χ2n) is 5.71. The molecular formula is C15H23N4+. The van der Waals surface area contributed by atoms with E-state index in [4.69, 9.17) is 0 Å². The minimum absolute atomic E-state index is 0.767. The molecule has 0 aliphatic carbocycles. The van der Waals surface area contributed by atoms with E-state index >= 15 is 0 Å². The van der Waals surface area contributed by atoms with Gasteiger partial charge in [-0.3, -0.25) is 0 Å². The fourth-order valence-electron chi connectivity index (χ4n) is 2.77. The van der Waals surface area contributed by atoms with E-state index in [-0.39, 0.29) is 0 Å². The van der Waals surface area contributed by atoms with Gasteiger partial charge in [0.05, 0.1) is 13.2 Å². The van der Waals surface area contributed by atoms with Crippen LogP contribution in [0.4, 0.5) is 11.4 Å². The maximum Gasteiger partial charge on any atom is 0.157 e. The monoisotopic (exact) mass is 259 g/mol. The second-order valence-corrected chi connectivity index (χ2v) is 5.71. The third-order valence-corrected chi connectivity index (χ3v) is 4.24. The summed E-state index contributed by atoms with van der Waals surface area (Å²) < 4.78 is 0.767. The van der Waals surface area contributed by atoms with Gasteiger partial charge in [0.15, 0.2) is 5.69 Å². The van der Waals surface area contributed by atoms with Crippen molar-refractivity contribution in [3.63, 3.8) is 0 Å². The first-order valence-corrected chi connectivity index (χ1v) is 7.00. The molecular weight excluding hydrogens is 236 g/mol. The topological polar surface area (TPSA) is 18.5 Å². The molecule has 1 atom stereocenters. The predicted octanol–water partition coefficient (Wildman–Crippen LogP) is 1.41. The van der Waals surface area contributed by atoms with Crippen molar-refractivity contribution < 1.29 is 0 Å². The van der Waals surface area contributed by atoms with Gasteiger partial charge in [-0.1, -0.05) is 0 Å². The highest BCUT2D eigenvalue weighted by Crippen LogP contribution is 2.25. The van der Waals surface area contributed by atoms with Crippen molar-refractivity contribution in [2.24, 2.45) is 0 Å². The predicted molar refractivity (Wildman–Crippen MR) is 81.0 cm³/mol. The molecule has 4 nitrogen and oxygen atoms in total. The van der Waals surface area contributed by atoms with Gasteiger partial charge in [-0.25, -0.2) is 5.43 Å². The van der Waals surface area contributed by atoms with E-state index in [1.807, 2.05) is 6.20 Å². The molecule has 1 saturated heterocycles. The number of rotatable bonds is 2. The van der Waals surface area contributed by atoms with Crippen LogP contribution in [0.15, 0.2) is 36.5 Å². The summed E-state index contributed by atoms with van der Waals surface area (Å²) in [4.78, 5) is 4.86. The SMILES string of the molecule is CN1CCN(c2ccc([N+]3(C)CC=CN3)cc2)CC1. The van der Waals surface area contributed by atoms with Crippen LogP contribution in [0, 0.1) is 0 Å². The maximum atomic E-state index is 3.39. The normalized spacial score (nSPS) is 27.6. The van der Waals surface area contributed by atoms with E-state index in [9.17, 15) is 0 Å². The van der Waals surface area contributed by atoms with Crippen LogP contribution in [0.25, 0.3) is 0 Å². The zero-order chi connectivity index (χ0) is 13.3. The Kier molecular flexibility index (Phi) is 3.21. The zero-order valence-corrected chi connectivity index (χ0v) is 11.8. The average molecular weight is 259 g/mol. The molecule has 0 bridgehead atoms. The van der Waals surface area contributed by atoms with Gasteiger partial charge in [-0.2, -0.15) is 4.59 Å². The summed E-state index contributed by atoms with van der Waals surface area (Å²) in [6.07, 6.45) is 4.21. The number of hydrogen-bond acceptors (Lipinski definition) is 3. The Morgan fingerprint density at radius 3 is 2.32 bits per heavy atom. The van der Waals surface area contributed by atoms with Gasteiger partial charge in [0.2, 0.25) is 0 Å². The molecule has 4 heteroatoms. The number of benzene rings is 1. The summed E-state index contributed by atoms with van der Waals surface area (Å²) in [5, 5.41) is 0. The molecule has 0 aromatic heterocycles. The number of nitrogens with one attached hydrogen (secondary N) is 1. The number of quaternary nitrogens is 1. The first-order valence-electron chi connectivity index (χ1n) is 7.00. The van der Waals surface area contributed by atoms with Crippen molar-refractivity contribution in [1.82, 2.24) is 14.9 Å². The quantitative estimate of drug-likeness (QED) is 0.810. The highest BCUT2D eigenvalue weighted by molar-refractivity contribution is 5.55. The molecule has 1 unspecified atom stereocenters. The minimum atomic E-state index is 0.767. The molecule has 19 heavy (non-hydrogen) atoms. The van der Waals surface area contributed by atoms with Gasteiger partial charge in [-0.05, 0) is 25.3 Å². The van der Waals surface area contributed by atoms with E-state index < -0.39 is 0 Å². The molecule has 0 spiro atoms. The molecule has 3 rings (SSSR count). The summed E-state index contributed by atoms with van der Waals surface area (Å²) in [6.45, 7) is 5.57. The van der Waals surface area contributed by atoms with Crippen molar-refractivity contribution in [3.8, 4) is 0 Å². The van der Waals surface area contributed by atoms with Gasteiger partial charge >= 0.3 is 0 Å². The molecule has 102 valence electrons. The molecule has 0 saturated carbocycles. The Morgan fingerprint density at radius 2 is 1.74 bits per heavy atom. The summed E-state index contributed by atoms with van der Waals surface area (Å²) in [7, 11) is 4.39. The zero-order valence-electron chi connectivity index (χ0n) is 11.8. The molecule has 2 heterocycles. The van der Waals surface area contributed by atoms with Gasteiger partial charge in [0.25, 0.3) is 0 Å². The van der Waals surface area contributed by atoms with E-state index in [1.54, 1.807) is 0 Å². The molecule has 1 aromatic carbocycles. The Morgan fingerprint density at radius 1 is 1.05 bits per heavy atom. The van der Waals surface area contributed by atoms with E-state index in [1.165, 1.54) is 11.4 Å². The van der Waals surface area contributed by atoms with Gasteiger partial charge < -0.3 is 9.80 Å². The van der Waals surface area contributed by atoms with E-state index in [2.05, 4.69) is 59.7 Å². The Bertz CT molecular complexity index is 450. The molecule has 2 aliphatic heterocycles. The highest BCUT2D eigenvalue weighted by atomic mass is 15.7. The molecule has 1 N–H and O–H groups in total.